The lowest BCUT2D eigenvalue weighted by Gasteiger charge is -2.22. The monoisotopic (exact) mass is 247 g/mol. The van der Waals surface area contributed by atoms with E-state index in [4.69, 9.17) is 13.9 Å². The topological polar surface area (TPSA) is 57.1 Å². The van der Waals surface area contributed by atoms with Crippen molar-refractivity contribution in [3.63, 3.8) is 0 Å². The van der Waals surface area contributed by atoms with Crippen LogP contribution in [0.3, 0.4) is 0 Å². The Hall–Kier alpha value is -0.380. The Morgan fingerprint density at radius 3 is 2.69 bits per heavy atom. The summed E-state index contributed by atoms with van der Waals surface area (Å²) in [5.74, 6) is 0.319. The van der Waals surface area contributed by atoms with Gasteiger partial charge in [0.05, 0.1) is 24.6 Å². The van der Waals surface area contributed by atoms with Gasteiger partial charge in [0.2, 0.25) is 0 Å². The van der Waals surface area contributed by atoms with Crippen molar-refractivity contribution in [1.82, 2.24) is 0 Å². The minimum atomic E-state index is -2.96. The summed E-state index contributed by atoms with van der Waals surface area (Å²) in [6, 6.07) is 0. The lowest BCUT2D eigenvalue weighted by Crippen LogP contribution is -2.11. The first-order valence-corrected chi connectivity index (χ1v) is 7.38. The van der Waals surface area contributed by atoms with Crippen molar-refractivity contribution in [1.29, 1.82) is 0 Å². The van der Waals surface area contributed by atoms with E-state index in [9.17, 15) is 4.57 Å². The van der Waals surface area contributed by atoms with Crippen LogP contribution in [0.15, 0.2) is 5.16 Å². The smallest absolute Gasteiger partial charge is 0.334 e. The Kier molecular flexibility index (Phi) is 3.67. The molecule has 1 fully saturated rings. The second-order valence-corrected chi connectivity index (χ2v) is 6.37. The Morgan fingerprint density at radius 2 is 2.12 bits per heavy atom. The Labute approximate surface area is 95.7 Å². The van der Waals surface area contributed by atoms with Crippen LogP contribution in [-0.4, -0.2) is 31.2 Å². The Bertz CT molecular complexity index is 321. The van der Waals surface area contributed by atoms with Crippen LogP contribution in [0.1, 0.15) is 26.7 Å². The van der Waals surface area contributed by atoms with E-state index in [2.05, 4.69) is 5.16 Å². The minimum Gasteiger partial charge on any atom is -0.395 e. The van der Waals surface area contributed by atoms with Crippen LogP contribution in [0.25, 0.3) is 0 Å². The van der Waals surface area contributed by atoms with Gasteiger partial charge in [-0.15, -0.1) is 0 Å². The predicted molar refractivity (Wildman–Crippen MR) is 60.8 cm³/mol. The third kappa shape index (κ3) is 2.17. The van der Waals surface area contributed by atoms with Gasteiger partial charge in [-0.3, -0.25) is 4.57 Å². The van der Waals surface area contributed by atoms with Crippen LogP contribution < -0.4 is 0 Å². The van der Waals surface area contributed by atoms with Crippen LogP contribution in [0.4, 0.5) is 0 Å². The van der Waals surface area contributed by atoms with Gasteiger partial charge >= 0.3 is 7.60 Å². The van der Waals surface area contributed by atoms with Crippen LogP contribution in [0.2, 0.25) is 0 Å². The van der Waals surface area contributed by atoms with E-state index in [-0.39, 0.29) is 5.66 Å². The zero-order valence-corrected chi connectivity index (χ0v) is 10.6. The average molecular weight is 247 g/mol. The fourth-order valence-corrected chi connectivity index (χ4v) is 4.43. The highest BCUT2D eigenvalue weighted by atomic mass is 31.2. The molecule has 1 heterocycles. The summed E-state index contributed by atoms with van der Waals surface area (Å²) in [5, 5.41) is 3.97. The average Bonchev–Trinajstić information content (AvgIpc) is 2.77. The molecule has 1 saturated carbocycles. The molecule has 0 N–H and O–H groups in total. The molecular weight excluding hydrogens is 229 g/mol. The Balaban J connectivity index is 2.07. The molecule has 0 radical (unpaired) electrons. The van der Waals surface area contributed by atoms with E-state index < -0.39 is 7.60 Å². The Morgan fingerprint density at radius 1 is 1.44 bits per heavy atom. The molecular formula is C10H18NO4P. The maximum atomic E-state index is 12.5. The van der Waals surface area contributed by atoms with Gasteiger partial charge in [0.15, 0.2) is 0 Å². The summed E-state index contributed by atoms with van der Waals surface area (Å²) < 4.78 is 23.2. The molecule has 6 heteroatoms. The maximum Gasteiger partial charge on any atom is 0.334 e. The molecule has 0 spiro atoms. The summed E-state index contributed by atoms with van der Waals surface area (Å²) in [5.41, 5.74) is 0.977. The van der Waals surface area contributed by atoms with E-state index in [0.29, 0.717) is 32.2 Å². The van der Waals surface area contributed by atoms with Gasteiger partial charge < -0.3 is 13.9 Å². The second kappa shape index (κ2) is 4.86. The van der Waals surface area contributed by atoms with Gasteiger partial charge in [-0.2, -0.15) is 0 Å². The molecule has 0 aromatic heterocycles. The highest BCUT2D eigenvalue weighted by Crippen LogP contribution is 2.58. The minimum absolute atomic E-state index is 0.0416. The second-order valence-electron chi connectivity index (χ2n) is 4.04. The highest BCUT2D eigenvalue weighted by Gasteiger charge is 2.46. The fourth-order valence-electron chi connectivity index (χ4n) is 2.29. The first-order valence-electron chi connectivity index (χ1n) is 5.77. The van der Waals surface area contributed by atoms with Crippen molar-refractivity contribution in [2.24, 2.45) is 11.1 Å². The van der Waals surface area contributed by atoms with Crippen molar-refractivity contribution in [3.8, 4) is 0 Å². The maximum absolute atomic E-state index is 12.5. The van der Waals surface area contributed by atoms with Crippen molar-refractivity contribution in [3.05, 3.63) is 0 Å². The van der Waals surface area contributed by atoms with Crippen LogP contribution in [0.5, 0.6) is 0 Å². The van der Waals surface area contributed by atoms with E-state index in [1.807, 2.05) is 13.8 Å². The number of oxime groups is 1. The number of hydrogen-bond donors (Lipinski definition) is 0. The molecule has 5 nitrogen and oxygen atoms in total. The molecule has 0 amide bonds. The molecule has 16 heavy (non-hydrogen) atoms. The summed E-state index contributed by atoms with van der Waals surface area (Å²) in [6.07, 6.45) is 1.48. The van der Waals surface area contributed by atoms with Gasteiger partial charge in [-0.1, -0.05) is 5.16 Å². The summed E-state index contributed by atoms with van der Waals surface area (Å²) in [4.78, 5) is 5.01. The van der Waals surface area contributed by atoms with E-state index in [1.165, 1.54) is 0 Å². The molecule has 2 aliphatic rings. The van der Waals surface area contributed by atoms with Crippen LogP contribution in [-0.2, 0) is 18.5 Å². The molecule has 0 aromatic rings. The molecule has 2 rings (SSSR count). The van der Waals surface area contributed by atoms with Crippen molar-refractivity contribution >= 4 is 13.3 Å². The SMILES string of the molecule is CCOP(=O)(OCC)[C@H]1CC2=NOC[C@H]2C1. The molecule has 0 saturated heterocycles. The van der Waals surface area contributed by atoms with Crippen LogP contribution in [0, 0.1) is 5.92 Å². The number of rotatable bonds is 5. The zero-order valence-electron chi connectivity index (χ0n) is 9.72. The predicted octanol–water partition coefficient (Wildman–Crippen LogP) is 2.42. The lowest BCUT2D eigenvalue weighted by molar-refractivity contribution is 0.150. The van der Waals surface area contributed by atoms with E-state index in [0.717, 1.165) is 12.1 Å². The third-order valence-electron chi connectivity index (χ3n) is 3.00. The summed E-state index contributed by atoms with van der Waals surface area (Å²) in [6.45, 7) is 5.12. The molecule has 0 unspecified atom stereocenters. The van der Waals surface area contributed by atoms with Gasteiger partial charge in [0, 0.05) is 12.3 Å². The quantitative estimate of drug-likeness (QED) is 0.700. The zero-order chi connectivity index (χ0) is 11.6. The normalized spacial score (nSPS) is 28.8. The van der Waals surface area contributed by atoms with E-state index >= 15 is 0 Å². The van der Waals surface area contributed by atoms with Gasteiger partial charge in [-0.05, 0) is 20.3 Å². The highest BCUT2D eigenvalue weighted by molar-refractivity contribution is 7.54. The van der Waals surface area contributed by atoms with Crippen molar-refractivity contribution in [2.45, 2.75) is 32.3 Å². The van der Waals surface area contributed by atoms with Crippen LogP contribution >= 0.6 is 7.60 Å². The van der Waals surface area contributed by atoms with Gasteiger partial charge in [-0.25, -0.2) is 0 Å². The van der Waals surface area contributed by atoms with E-state index in [1.54, 1.807) is 0 Å². The first-order chi connectivity index (χ1) is 7.69. The molecule has 92 valence electrons. The fraction of sp³-hybridized carbons (Fsp3) is 0.900. The molecule has 0 bridgehead atoms. The van der Waals surface area contributed by atoms with Crippen molar-refractivity contribution in [2.75, 3.05) is 19.8 Å². The first kappa shape index (κ1) is 12.1. The molecule has 0 aromatic carbocycles. The largest absolute Gasteiger partial charge is 0.395 e. The summed E-state index contributed by atoms with van der Waals surface area (Å²) in [7, 11) is -2.96. The molecule has 1 aliphatic carbocycles. The number of fused-ring (bicyclic) bond motifs is 1. The van der Waals surface area contributed by atoms with Gasteiger partial charge in [0.25, 0.3) is 0 Å². The van der Waals surface area contributed by atoms with Crippen molar-refractivity contribution < 1.29 is 18.5 Å². The standard InChI is InChI=1S/C10H18NO4P/c1-3-14-16(12,15-4-2)9-5-8-7-13-11-10(8)6-9/h8-9H,3-7H2,1-2H3/t8-,9-/m1/s1. The third-order valence-corrected chi connectivity index (χ3v) is 5.52. The molecule has 2 atom stereocenters. The molecule has 1 aliphatic heterocycles. The van der Waals surface area contributed by atoms with Gasteiger partial charge in [0.1, 0.15) is 6.61 Å². The lowest BCUT2D eigenvalue weighted by atomic mass is 10.1. The number of hydrogen-bond acceptors (Lipinski definition) is 5. The summed E-state index contributed by atoms with van der Waals surface area (Å²) >= 11 is 0. The number of nitrogens with zero attached hydrogens (tertiary/aromatic N) is 1.